The summed E-state index contributed by atoms with van der Waals surface area (Å²) in [7, 11) is -1.24. The van der Waals surface area contributed by atoms with Crippen LogP contribution in [-0.2, 0) is 11.5 Å². The highest BCUT2D eigenvalue weighted by atomic mass is 28.3. The van der Waals surface area contributed by atoms with E-state index in [0.717, 1.165) is 17.3 Å². The first-order valence-corrected chi connectivity index (χ1v) is 15.5. The Morgan fingerprint density at radius 3 is 2.36 bits per heavy atom. The fourth-order valence-corrected chi connectivity index (χ4v) is 4.60. The van der Waals surface area contributed by atoms with Crippen LogP contribution >= 0.6 is 0 Å². The van der Waals surface area contributed by atoms with E-state index >= 15 is 0 Å². The van der Waals surface area contributed by atoms with E-state index in [0.29, 0.717) is 23.3 Å². The number of ketones is 1. The molecule has 2 aromatic carbocycles. The smallest absolute Gasteiger partial charge is 0.336 e. The molecule has 2 heterocycles. The van der Waals surface area contributed by atoms with Gasteiger partial charge in [-0.05, 0) is 42.5 Å². The molecular formula is C28H29N3O4Si. The average Bonchev–Trinajstić information content (AvgIpc) is 3.22. The molecule has 0 aliphatic heterocycles. The molecule has 0 aliphatic carbocycles. The van der Waals surface area contributed by atoms with Crippen LogP contribution in [0.1, 0.15) is 37.7 Å². The second-order valence-electron chi connectivity index (χ2n) is 9.70. The van der Waals surface area contributed by atoms with Crippen molar-refractivity contribution in [2.75, 3.05) is 6.61 Å². The van der Waals surface area contributed by atoms with Crippen LogP contribution in [-0.4, -0.2) is 46.3 Å². The Bertz CT molecular complexity index is 1420. The van der Waals surface area contributed by atoms with Gasteiger partial charge in [-0.15, -0.1) is 0 Å². The Morgan fingerprint density at radius 1 is 0.944 bits per heavy atom. The molecule has 0 radical (unpaired) electrons. The van der Waals surface area contributed by atoms with E-state index in [2.05, 4.69) is 24.6 Å². The third-order valence-electron chi connectivity index (χ3n) is 5.76. The molecule has 0 unspecified atom stereocenters. The highest BCUT2D eigenvalue weighted by molar-refractivity contribution is 6.76. The van der Waals surface area contributed by atoms with Crippen molar-refractivity contribution in [3.05, 3.63) is 94.9 Å². The molecule has 0 saturated carbocycles. The number of carboxylic acid groups (broad SMARTS) is 1. The second kappa shape index (κ2) is 10.8. The molecule has 0 fully saturated rings. The van der Waals surface area contributed by atoms with Crippen LogP contribution in [0.3, 0.4) is 0 Å². The Morgan fingerprint density at radius 2 is 1.67 bits per heavy atom. The molecule has 184 valence electrons. The summed E-state index contributed by atoms with van der Waals surface area (Å²) in [6.07, 6.45) is 5.37. The summed E-state index contributed by atoms with van der Waals surface area (Å²) >= 11 is 0. The monoisotopic (exact) mass is 499 g/mol. The first-order valence-electron chi connectivity index (χ1n) is 11.8. The maximum Gasteiger partial charge on any atom is 0.336 e. The molecule has 36 heavy (non-hydrogen) atoms. The van der Waals surface area contributed by atoms with Crippen LogP contribution in [0.2, 0.25) is 25.7 Å². The van der Waals surface area contributed by atoms with Gasteiger partial charge in [0.2, 0.25) is 0 Å². The van der Waals surface area contributed by atoms with Gasteiger partial charge < -0.3 is 9.84 Å². The van der Waals surface area contributed by atoms with Gasteiger partial charge in [0.15, 0.2) is 5.78 Å². The quantitative estimate of drug-likeness (QED) is 0.167. The summed E-state index contributed by atoms with van der Waals surface area (Å²) in [6.45, 7) is 7.79. The number of nitrogens with zero attached hydrogens (tertiary/aromatic N) is 3. The third-order valence-corrected chi connectivity index (χ3v) is 7.47. The van der Waals surface area contributed by atoms with E-state index in [4.69, 9.17) is 9.84 Å². The van der Waals surface area contributed by atoms with Gasteiger partial charge in [0, 0.05) is 37.4 Å². The molecule has 0 spiro atoms. The molecule has 0 amide bonds. The minimum atomic E-state index is -1.24. The molecule has 4 rings (SSSR count). The lowest BCUT2D eigenvalue weighted by molar-refractivity contribution is 0.0692. The molecule has 1 N–H and O–H groups in total. The highest BCUT2D eigenvalue weighted by Crippen LogP contribution is 2.28. The Labute approximate surface area is 211 Å². The summed E-state index contributed by atoms with van der Waals surface area (Å²) < 4.78 is 7.70. The summed E-state index contributed by atoms with van der Waals surface area (Å²) in [5.41, 5.74) is 2.56. The Balaban J connectivity index is 1.78. The fraction of sp³-hybridized carbons (Fsp3) is 0.214. The van der Waals surface area contributed by atoms with Crippen molar-refractivity contribution in [2.45, 2.75) is 32.4 Å². The Kier molecular flexibility index (Phi) is 7.57. The predicted octanol–water partition coefficient (Wildman–Crippen LogP) is 5.84. The van der Waals surface area contributed by atoms with Crippen molar-refractivity contribution in [3.63, 3.8) is 0 Å². The van der Waals surface area contributed by atoms with E-state index in [1.165, 1.54) is 12.1 Å². The van der Waals surface area contributed by atoms with Crippen LogP contribution in [0.5, 0.6) is 0 Å². The minimum absolute atomic E-state index is 0.0350. The molecule has 0 aliphatic rings. The number of carboxylic acids is 1. The molecule has 0 saturated heterocycles. The summed E-state index contributed by atoms with van der Waals surface area (Å²) in [5, 5.41) is 15.0. The van der Waals surface area contributed by atoms with Crippen molar-refractivity contribution in [1.29, 1.82) is 0 Å². The number of carbonyl (C=O) groups excluding carboxylic acids is 1. The van der Waals surface area contributed by atoms with E-state index in [1.807, 2.05) is 36.4 Å². The van der Waals surface area contributed by atoms with E-state index in [1.54, 1.807) is 35.1 Å². The number of aromatic nitrogens is 3. The van der Waals surface area contributed by atoms with Gasteiger partial charge in [-0.3, -0.25) is 9.78 Å². The lowest BCUT2D eigenvalue weighted by Crippen LogP contribution is -2.22. The van der Waals surface area contributed by atoms with Gasteiger partial charge in [-0.2, -0.15) is 5.10 Å². The first kappa shape index (κ1) is 25.2. The van der Waals surface area contributed by atoms with Gasteiger partial charge in [0.05, 0.1) is 22.5 Å². The molecular weight excluding hydrogens is 470 g/mol. The number of carbonyl (C=O) groups is 2. The van der Waals surface area contributed by atoms with Crippen LogP contribution in [0, 0.1) is 0 Å². The predicted molar refractivity (Wildman–Crippen MR) is 144 cm³/mol. The van der Waals surface area contributed by atoms with Crippen LogP contribution in [0.4, 0.5) is 0 Å². The molecule has 7 nitrogen and oxygen atoms in total. The number of aromatic carboxylic acids is 1. The van der Waals surface area contributed by atoms with Crippen molar-refractivity contribution < 1.29 is 19.4 Å². The zero-order chi connectivity index (χ0) is 25.7. The standard InChI is InChI=1S/C28H29N3O4Si/c1-36(2,3)18-17-35-19-31-25-13-8-12-23(27(32)21-10-4-5-11-22(21)28(33)34)26(25)24(30-31)15-14-20-9-6-7-16-29-20/h4-16H,17-19H2,1-3H3,(H,33,34)/b15-14+. The van der Waals surface area contributed by atoms with E-state index < -0.39 is 14.0 Å². The summed E-state index contributed by atoms with van der Waals surface area (Å²) in [4.78, 5) is 29.7. The molecule has 2 aromatic heterocycles. The van der Waals surface area contributed by atoms with Crippen molar-refractivity contribution in [2.24, 2.45) is 0 Å². The number of benzene rings is 2. The van der Waals surface area contributed by atoms with Crippen molar-refractivity contribution in [3.8, 4) is 0 Å². The molecule has 4 aromatic rings. The largest absolute Gasteiger partial charge is 0.478 e. The number of hydrogen-bond acceptors (Lipinski definition) is 5. The third kappa shape index (κ3) is 5.84. The molecule has 0 bridgehead atoms. The average molecular weight is 500 g/mol. The van der Waals surface area contributed by atoms with Gasteiger partial charge in [-0.25, -0.2) is 9.48 Å². The number of fused-ring (bicyclic) bond motifs is 1. The molecule has 8 heteroatoms. The normalized spacial score (nSPS) is 11.9. The van der Waals surface area contributed by atoms with Crippen LogP contribution < -0.4 is 0 Å². The van der Waals surface area contributed by atoms with Crippen LogP contribution in [0.25, 0.3) is 23.1 Å². The van der Waals surface area contributed by atoms with Gasteiger partial charge in [0.1, 0.15) is 6.73 Å². The van der Waals surface area contributed by atoms with Gasteiger partial charge in [-0.1, -0.05) is 56.0 Å². The maximum absolute atomic E-state index is 13.6. The van der Waals surface area contributed by atoms with Crippen molar-refractivity contribution >= 4 is 42.9 Å². The van der Waals surface area contributed by atoms with E-state index in [9.17, 15) is 14.7 Å². The Hall–Kier alpha value is -3.88. The summed E-state index contributed by atoms with van der Waals surface area (Å²) in [5.74, 6) is -1.52. The van der Waals surface area contributed by atoms with Crippen LogP contribution in [0.15, 0.2) is 66.9 Å². The van der Waals surface area contributed by atoms with Gasteiger partial charge >= 0.3 is 5.97 Å². The van der Waals surface area contributed by atoms with Gasteiger partial charge in [0.25, 0.3) is 0 Å². The fourth-order valence-electron chi connectivity index (χ4n) is 3.84. The highest BCUT2D eigenvalue weighted by Gasteiger charge is 2.22. The van der Waals surface area contributed by atoms with E-state index in [-0.39, 0.29) is 23.6 Å². The zero-order valence-corrected chi connectivity index (χ0v) is 21.6. The maximum atomic E-state index is 13.6. The zero-order valence-electron chi connectivity index (χ0n) is 20.6. The molecule has 0 atom stereocenters. The van der Waals surface area contributed by atoms with Crippen molar-refractivity contribution in [1.82, 2.24) is 14.8 Å². The first-order chi connectivity index (χ1) is 17.2. The second-order valence-corrected chi connectivity index (χ2v) is 15.3. The summed E-state index contributed by atoms with van der Waals surface area (Å²) in [6, 6.07) is 18.3. The number of ether oxygens (including phenoxy) is 1. The lowest BCUT2D eigenvalue weighted by atomic mass is 9.95. The topological polar surface area (TPSA) is 94.3 Å². The minimum Gasteiger partial charge on any atom is -0.478 e. The number of hydrogen-bond donors (Lipinski definition) is 1. The number of rotatable bonds is 10. The lowest BCUT2D eigenvalue weighted by Gasteiger charge is -2.15. The SMILES string of the molecule is C[Si](C)(C)CCOCn1nc(/C=C/c2ccccn2)c2c(C(=O)c3ccccc3C(=O)O)cccc21. The number of pyridine rings is 1.